The summed E-state index contributed by atoms with van der Waals surface area (Å²) in [5.41, 5.74) is 0.422. The molecule has 1 aliphatic carbocycles. The van der Waals surface area contributed by atoms with Crippen LogP contribution in [0.1, 0.15) is 41.5 Å². The molecule has 2 aliphatic rings. The molecular weight excluding hydrogens is 236 g/mol. The lowest BCUT2D eigenvalue weighted by Crippen LogP contribution is -2.53. The van der Waals surface area contributed by atoms with Gasteiger partial charge < -0.3 is 4.90 Å². The molecule has 1 saturated heterocycles. The van der Waals surface area contributed by atoms with Crippen LogP contribution >= 0.6 is 0 Å². The van der Waals surface area contributed by atoms with Crippen LogP contribution in [0.2, 0.25) is 0 Å². The van der Waals surface area contributed by atoms with Gasteiger partial charge in [-0.2, -0.15) is 0 Å². The summed E-state index contributed by atoms with van der Waals surface area (Å²) >= 11 is 0. The summed E-state index contributed by atoms with van der Waals surface area (Å²) in [5, 5.41) is 0. The maximum atomic E-state index is 12.3. The number of amides is 1. The molecule has 1 saturated carbocycles. The van der Waals surface area contributed by atoms with Gasteiger partial charge in [-0.05, 0) is 38.0 Å². The van der Waals surface area contributed by atoms with E-state index in [4.69, 9.17) is 0 Å². The van der Waals surface area contributed by atoms with Crippen molar-refractivity contribution in [3.8, 4) is 0 Å². The average molecular weight is 266 g/mol. The summed E-state index contributed by atoms with van der Waals surface area (Å²) < 4.78 is 0. The van der Waals surface area contributed by atoms with E-state index in [1.807, 2.05) is 14.1 Å². The average Bonchev–Trinajstić information content (AvgIpc) is 2.71. The molecule has 110 valence electrons. The van der Waals surface area contributed by atoms with Crippen LogP contribution in [0.3, 0.4) is 0 Å². The Kier molecular flexibility index (Phi) is 3.29. The van der Waals surface area contributed by atoms with Crippen molar-refractivity contribution in [3.05, 3.63) is 0 Å². The van der Waals surface area contributed by atoms with Crippen molar-refractivity contribution in [2.75, 3.05) is 20.6 Å². The summed E-state index contributed by atoms with van der Waals surface area (Å²) in [6.07, 6.45) is 0. The van der Waals surface area contributed by atoms with E-state index in [2.05, 4.69) is 46.4 Å². The number of hydrogen-bond donors (Lipinski definition) is 0. The maximum Gasteiger partial charge on any atom is 0.225 e. The third-order valence-electron chi connectivity index (χ3n) is 4.81. The normalized spacial score (nSPS) is 35.2. The minimum atomic E-state index is 0.192. The van der Waals surface area contributed by atoms with Gasteiger partial charge in [0.25, 0.3) is 0 Å². The highest BCUT2D eigenvalue weighted by Crippen LogP contribution is 2.61. The zero-order chi connectivity index (χ0) is 14.7. The SMILES string of the molecule is CN(C)C(=O)[C@H]1[C@@H]2CN(C(C)(C)C)[C@H](C(C)(C)C)[C@@H]21. The molecule has 3 nitrogen and oxygen atoms in total. The predicted octanol–water partition coefficient (Wildman–Crippen LogP) is 2.47. The van der Waals surface area contributed by atoms with Crippen LogP contribution < -0.4 is 0 Å². The van der Waals surface area contributed by atoms with Crippen molar-refractivity contribution >= 4 is 5.91 Å². The summed E-state index contributed by atoms with van der Waals surface area (Å²) in [5.74, 6) is 1.75. The van der Waals surface area contributed by atoms with E-state index < -0.39 is 0 Å². The first-order valence-electron chi connectivity index (χ1n) is 7.44. The number of rotatable bonds is 1. The summed E-state index contributed by atoms with van der Waals surface area (Å²) in [4.78, 5) is 16.6. The molecule has 19 heavy (non-hydrogen) atoms. The van der Waals surface area contributed by atoms with Gasteiger partial charge in [0.05, 0.1) is 0 Å². The number of fused-ring (bicyclic) bond motifs is 1. The van der Waals surface area contributed by atoms with Crippen LogP contribution in [-0.4, -0.2) is 47.9 Å². The van der Waals surface area contributed by atoms with E-state index >= 15 is 0 Å². The number of carbonyl (C=O) groups excluding carboxylic acids is 1. The van der Waals surface area contributed by atoms with Crippen LogP contribution in [0.15, 0.2) is 0 Å². The Bertz CT molecular complexity index is 375. The van der Waals surface area contributed by atoms with Crippen LogP contribution in [0.5, 0.6) is 0 Å². The molecule has 0 bridgehead atoms. The topological polar surface area (TPSA) is 23.6 Å². The van der Waals surface area contributed by atoms with E-state index in [0.717, 1.165) is 6.54 Å². The molecule has 4 atom stereocenters. The van der Waals surface area contributed by atoms with Gasteiger partial charge in [-0.15, -0.1) is 0 Å². The Hall–Kier alpha value is -0.570. The number of carbonyl (C=O) groups is 1. The van der Waals surface area contributed by atoms with Crippen molar-refractivity contribution in [1.82, 2.24) is 9.80 Å². The molecule has 0 radical (unpaired) electrons. The molecule has 0 spiro atoms. The monoisotopic (exact) mass is 266 g/mol. The summed E-state index contributed by atoms with van der Waals surface area (Å²) in [6, 6.07) is 0.520. The maximum absolute atomic E-state index is 12.3. The predicted molar refractivity (Wildman–Crippen MR) is 78.9 cm³/mol. The van der Waals surface area contributed by atoms with Gasteiger partial charge in [0.2, 0.25) is 5.91 Å². The second kappa shape index (κ2) is 4.21. The number of likely N-dealkylation sites (tertiary alicyclic amines) is 1. The molecule has 1 heterocycles. The fraction of sp³-hybridized carbons (Fsp3) is 0.938. The van der Waals surface area contributed by atoms with Crippen molar-refractivity contribution in [2.24, 2.45) is 23.2 Å². The van der Waals surface area contributed by atoms with Crippen LogP contribution in [0.4, 0.5) is 0 Å². The smallest absolute Gasteiger partial charge is 0.225 e. The van der Waals surface area contributed by atoms with Gasteiger partial charge >= 0.3 is 0 Å². The highest BCUT2D eigenvalue weighted by molar-refractivity contribution is 5.82. The van der Waals surface area contributed by atoms with Crippen LogP contribution in [-0.2, 0) is 4.79 Å². The number of nitrogens with zero attached hydrogens (tertiary/aromatic N) is 2. The number of piperidine rings is 1. The molecule has 0 unspecified atom stereocenters. The van der Waals surface area contributed by atoms with E-state index in [-0.39, 0.29) is 16.9 Å². The van der Waals surface area contributed by atoms with Gasteiger partial charge in [-0.25, -0.2) is 0 Å². The van der Waals surface area contributed by atoms with Gasteiger partial charge in [0, 0.05) is 38.1 Å². The largest absolute Gasteiger partial charge is 0.349 e. The highest BCUT2D eigenvalue weighted by atomic mass is 16.2. The zero-order valence-electron chi connectivity index (χ0n) is 13.8. The van der Waals surface area contributed by atoms with E-state index in [1.54, 1.807) is 4.90 Å². The number of hydrogen-bond acceptors (Lipinski definition) is 2. The van der Waals surface area contributed by atoms with Gasteiger partial charge in [0.1, 0.15) is 0 Å². The minimum Gasteiger partial charge on any atom is -0.349 e. The molecule has 0 aromatic rings. The second-order valence-corrected chi connectivity index (χ2v) is 8.63. The van der Waals surface area contributed by atoms with E-state index in [9.17, 15) is 4.79 Å². The molecule has 0 aromatic heterocycles. The minimum absolute atomic E-state index is 0.192. The van der Waals surface area contributed by atoms with Gasteiger partial charge in [-0.1, -0.05) is 20.8 Å². The van der Waals surface area contributed by atoms with Crippen molar-refractivity contribution in [1.29, 1.82) is 0 Å². The molecule has 3 heteroatoms. The molecule has 0 aromatic carbocycles. The second-order valence-electron chi connectivity index (χ2n) is 8.63. The quantitative estimate of drug-likeness (QED) is 0.728. The fourth-order valence-electron chi connectivity index (χ4n) is 4.00. The van der Waals surface area contributed by atoms with Crippen molar-refractivity contribution in [3.63, 3.8) is 0 Å². The molecule has 1 aliphatic heterocycles. The van der Waals surface area contributed by atoms with E-state index in [0.29, 0.717) is 23.8 Å². The van der Waals surface area contributed by atoms with Gasteiger partial charge in [-0.3, -0.25) is 9.69 Å². The Labute approximate surface area is 118 Å². The Balaban J connectivity index is 2.22. The third kappa shape index (κ3) is 2.42. The molecule has 0 N–H and O–H groups in total. The summed E-state index contributed by atoms with van der Waals surface area (Å²) in [6.45, 7) is 14.9. The Morgan fingerprint density at radius 3 is 2.00 bits per heavy atom. The Morgan fingerprint density at radius 2 is 1.63 bits per heavy atom. The lowest BCUT2D eigenvalue weighted by Gasteiger charge is -2.45. The Morgan fingerprint density at radius 1 is 1.11 bits per heavy atom. The molecule has 2 fully saturated rings. The van der Waals surface area contributed by atoms with Gasteiger partial charge in [0.15, 0.2) is 0 Å². The molecular formula is C16H30N2O. The summed E-state index contributed by atoms with van der Waals surface area (Å²) in [7, 11) is 3.76. The third-order valence-corrected chi connectivity index (χ3v) is 4.81. The fourth-order valence-corrected chi connectivity index (χ4v) is 4.00. The lowest BCUT2D eigenvalue weighted by atomic mass is 9.81. The van der Waals surface area contributed by atoms with Crippen LogP contribution in [0, 0.1) is 23.2 Å². The molecule has 1 amide bonds. The van der Waals surface area contributed by atoms with Crippen LogP contribution in [0.25, 0.3) is 0 Å². The first-order valence-corrected chi connectivity index (χ1v) is 7.44. The van der Waals surface area contributed by atoms with Crippen molar-refractivity contribution < 1.29 is 4.79 Å². The lowest BCUT2D eigenvalue weighted by molar-refractivity contribution is -0.131. The first-order chi connectivity index (χ1) is 8.46. The first kappa shape index (κ1) is 14.8. The standard InChI is InChI=1S/C16H30N2O/c1-15(2,3)13-11-10(9-18(13)16(4,5)6)12(11)14(19)17(7)8/h10-13H,9H2,1-8H3/t10-,11+,12+,13+/m1/s1. The van der Waals surface area contributed by atoms with E-state index in [1.165, 1.54) is 0 Å². The highest BCUT2D eigenvalue weighted by Gasteiger charge is 2.67. The molecule has 2 rings (SSSR count). The zero-order valence-corrected chi connectivity index (χ0v) is 13.8. The van der Waals surface area contributed by atoms with Crippen molar-refractivity contribution in [2.45, 2.75) is 53.1 Å².